The van der Waals surface area contributed by atoms with Crippen molar-refractivity contribution in [3.05, 3.63) is 88.2 Å². The van der Waals surface area contributed by atoms with Crippen LogP contribution in [0.5, 0.6) is 11.5 Å². The van der Waals surface area contributed by atoms with Gasteiger partial charge in [-0.3, -0.25) is 9.36 Å². The molecule has 0 N–H and O–H groups in total. The van der Waals surface area contributed by atoms with Gasteiger partial charge in [-0.1, -0.05) is 30.1 Å². The van der Waals surface area contributed by atoms with Crippen molar-refractivity contribution in [1.29, 1.82) is 0 Å². The Morgan fingerprint density at radius 1 is 1.37 bits per heavy atom. The molecule has 0 unspecified atom stereocenters. The van der Waals surface area contributed by atoms with Crippen molar-refractivity contribution in [1.82, 2.24) is 4.57 Å². The molecule has 0 spiro atoms. The predicted molar refractivity (Wildman–Crippen MR) is 141 cm³/mol. The molecule has 0 fully saturated rings. The Morgan fingerprint density at radius 2 is 2.17 bits per heavy atom. The van der Waals surface area contributed by atoms with Gasteiger partial charge in [-0.25, -0.2) is 9.79 Å². The smallest absolute Gasteiger partial charge is 0.338 e. The number of ether oxygens (including phenoxy) is 3. The van der Waals surface area contributed by atoms with Crippen LogP contribution in [0.25, 0.3) is 6.08 Å². The summed E-state index contributed by atoms with van der Waals surface area (Å²) in [7, 11) is 1.56. The molecule has 1 aromatic carbocycles. The third-order valence-electron chi connectivity index (χ3n) is 5.22. The Morgan fingerprint density at radius 3 is 2.83 bits per heavy atom. The zero-order valence-electron chi connectivity index (χ0n) is 19.4. The fourth-order valence-corrected chi connectivity index (χ4v) is 6.21. The number of methoxy groups -OCH3 is 1. The van der Waals surface area contributed by atoms with E-state index in [1.54, 1.807) is 43.7 Å². The summed E-state index contributed by atoms with van der Waals surface area (Å²) in [6.07, 6.45) is 3.43. The van der Waals surface area contributed by atoms with Crippen LogP contribution in [-0.4, -0.2) is 30.9 Å². The van der Waals surface area contributed by atoms with Crippen LogP contribution in [0, 0.1) is 0 Å². The molecule has 10 heteroatoms. The lowest BCUT2D eigenvalue weighted by atomic mass is 10.0. The number of allylic oxidation sites excluding steroid dienone is 1. The van der Waals surface area contributed by atoms with Crippen molar-refractivity contribution in [2.75, 3.05) is 20.3 Å². The Labute approximate surface area is 218 Å². The molecule has 1 atom stereocenters. The van der Waals surface area contributed by atoms with Crippen LogP contribution in [0.1, 0.15) is 30.3 Å². The van der Waals surface area contributed by atoms with Gasteiger partial charge >= 0.3 is 5.97 Å². The van der Waals surface area contributed by atoms with Gasteiger partial charge in [0.25, 0.3) is 5.56 Å². The summed E-state index contributed by atoms with van der Waals surface area (Å²) >= 11 is 6.28. The summed E-state index contributed by atoms with van der Waals surface area (Å²) in [5.41, 5.74) is 1.44. The highest BCUT2D eigenvalue weighted by molar-refractivity contribution is 9.10. The third kappa shape index (κ3) is 4.91. The van der Waals surface area contributed by atoms with Gasteiger partial charge in [0, 0.05) is 4.88 Å². The van der Waals surface area contributed by atoms with E-state index in [0.29, 0.717) is 43.2 Å². The molecule has 1 aliphatic rings. The van der Waals surface area contributed by atoms with E-state index in [1.807, 2.05) is 23.6 Å². The number of thiophene rings is 1. The van der Waals surface area contributed by atoms with E-state index in [4.69, 9.17) is 14.2 Å². The Kier molecular flexibility index (Phi) is 7.73. The normalized spacial score (nSPS) is 15.4. The van der Waals surface area contributed by atoms with E-state index < -0.39 is 12.0 Å². The molecule has 3 aromatic rings. The zero-order valence-corrected chi connectivity index (χ0v) is 22.6. The van der Waals surface area contributed by atoms with E-state index in [2.05, 4.69) is 27.5 Å². The van der Waals surface area contributed by atoms with Gasteiger partial charge in [-0.05, 0) is 65.0 Å². The highest BCUT2D eigenvalue weighted by Crippen LogP contribution is 2.37. The number of hydrogen-bond acceptors (Lipinski definition) is 8. The minimum absolute atomic E-state index is 0.233. The van der Waals surface area contributed by atoms with E-state index in [1.165, 1.54) is 22.7 Å². The topological polar surface area (TPSA) is 79.1 Å². The van der Waals surface area contributed by atoms with Crippen LogP contribution in [0.3, 0.4) is 0 Å². The van der Waals surface area contributed by atoms with Crippen molar-refractivity contribution in [2.24, 2.45) is 4.99 Å². The summed E-state index contributed by atoms with van der Waals surface area (Å²) in [4.78, 5) is 32.5. The molecule has 0 bridgehead atoms. The number of carbonyl (C=O) groups is 1. The number of rotatable bonds is 8. The Balaban J connectivity index is 1.87. The fourth-order valence-electron chi connectivity index (χ4n) is 3.76. The Bertz CT molecular complexity index is 1480. The predicted octanol–water partition coefficient (Wildman–Crippen LogP) is 4.20. The molecule has 0 amide bonds. The molecule has 3 heterocycles. The van der Waals surface area contributed by atoms with Gasteiger partial charge in [-0.15, -0.1) is 11.3 Å². The van der Waals surface area contributed by atoms with Gasteiger partial charge in [0.15, 0.2) is 16.3 Å². The van der Waals surface area contributed by atoms with Gasteiger partial charge in [-0.2, -0.15) is 0 Å². The number of esters is 1. The number of carbonyl (C=O) groups excluding carboxylic acids is 1. The number of benzene rings is 1. The highest BCUT2D eigenvalue weighted by Gasteiger charge is 2.33. The first kappa shape index (κ1) is 25.2. The lowest BCUT2D eigenvalue weighted by Gasteiger charge is -2.23. The van der Waals surface area contributed by atoms with Crippen molar-refractivity contribution < 1.29 is 19.0 Å². The lowest BCUT2D eigenvalue weighted by molar-refractivity contribution is -0.139. The second-order valence-corrected chi connectivity index (χ2v) is 10.3. The second-order valence-electron chi connectivity index (χ2n) is 7.45. The summed E-state index contributed by atoms with van der Waals surface area (Å²) < 4.78 is 19.2. The van der Waals surface area contributed by atoms with Crippen LogP contribution in [0.4, 0.5) is 0 Å². The van der Waals surface area contributed by atoms with E-state index in [9.17, 15) is 9.59 Å². The molecule has 2 aromatic heterocycles. The highest BCUT2D eigenvalue weighted by atomic mass is 79.9. The standard InChI is InChI=1S/C25H23BrN2O5S2/c1-5-9-33-22-16(26)11-15(12-17(22)31-4)13-19-23(29)28-21(18-8-7-10-34-18)20(24(30)32-6-2)14(3)27-25(28)35-19/h5,7-8,10-13,21H,1,6,9H2,2-4H3/b19-13+/t21-/m0/s1. The molecule has 35 heavy (non-hydrogen) atoms. The molecule has 7 nitrogen and oxygen atoms in total. The average Bonchev–Trinajstić information content (AvgIpc) is 3.46. The van der Waals surface area contributed by atoms with Gasteiger partial charge < -0.3 is 14.2 Å². The minimum Gasteiger partial charge on any atom is -0.493 e. The molecule has 0 aliphatic carbocycles. The fraction of sp³-hybridized carbons (Fsp3) is 0.240. The molecule has 4 rings (SSSR count). The van der Waals surface area contributed by atoms with E-state index in [0.717, 1.165) is 10.4 Å². The van der Waals surface area contributed by atoms with Gasteiger partial charge in [0.2, 0.25) is 0 Å². The van der Waals surface area contributed by atoms with Gasteiger partial charge in [0.05, 0.1) is 34.0 Å². The van der Waals surface area contributed by atoms with E-state index >= 15 is 0 Å². The molecule has 0 saturated carbocycles. The number of aromatic nitrogens is 1. The summed E-state index contributed by atoms with van der Waals surface area (Å²) in [6.45, 7) is 7.76. The van der Waals surface area contributed by atoms with Crippen LogP contribution < -0.4 is 24.4 Å². The number of hydrogen-bond donors (Lipinski definition) is 0. The second kappa shape index (κ2) is 10.8. The van der Waals surface area contributed by atoms with Crippen LogP contribution >= 0.6 is 38.6 Å². The maximum absolute atomic E-state index is 13.6. The number of nitrogens with zero attached hydrogens (tertiary/aromatic N) is 2. The van der Waals surface area contributed by atoms with Crippen molar-refractivity contribution in [2.45, 2.75) is 19.9 Å². The van der Waals surface area contributed by atoms with Crippen LogP contribution in [0.15, 0.2) is 67.8 Å². The monoisotopic (exact) mass is 574 g/mol. The third-order valence-corrected chi connectivity index (χ3v) is 7.72. The minimum atomic E-state index is -0.594. The average molecular weight is 576 g/mol. The summed E-state index contributed by atoms with van der Waals surface area (Å²) in [5.74, 6) is 0.612. The molecular weight excluding hydrogens is 552 g/mol. The van der Waals surface area contributed by atoms with Crippen molar-refractivity contribution in [3.8, 4) is 11.5 Å². The number of thiazole rings is 1. The van der Waals surface area contributed by atoms with Crippen LogP contribution in [0.2, 0.25) is 0 Å². The molecule has 0 radical (unpaired) electrons. The first-order valence-electron chi connectivity index (χ1n) is 10.7. The molecular formula is C25H23BrN2O5S2. The number of fused-ring (bicyclic) bond motifs is 1. The summed E-state index contributed by atoms with van der Waals surface area (Å²) in [5, 5.41) is 1.92. The molecule has 0 saturated heterocycles. The Hall–Kier alpha value is -2.95. The number of halogens is 1. The van der Waals surface area contributed by atoms with Crippen molar-refractivity contribution >= 4 is 50.6 Å². The first-order valence-corrected chi connectivity index (χ1v) is 13.2. The SMILES string of the molecule is C=CCOc1c(Br)cc(/C=c2/sc3n(c2=O)[C@@H](c2cccs2)C(C(=O)OCC)=C(C)N=3)cc1OC. The first-order chi connectivity index (χ1) is 16.9. The van der Waals surface area contributed by atoms with Gasteiger partial charge in [0.1, 0.15) is 12.6 Å². The van der Waals surface area contributed by atoms with Crippen molar-refractivity contribution in [3.63, 3.8) is 0 Å². The molecule has 1 aliphatic heterocycles. The molecule has 182 valence electrons. The lowest BCUT2D eigenvalue weighted by Crippen LogP contribution is -2.39. The quantitative estimate of drug-likeness (QED) is 0.297. The van der Waals surface area contributed by atoms with E-state index in [-0.39, 0.29) is 12.2 Å². The zero-order chi connectivity index (χ0) is 25.1. The van der Waals surface area contributed by atoms with Crippen LogP contribution in [-0.2, 0) is 9.53 Å². The summed E-state index contributed by atoms with van der Waals surface area (Å²) in [6, 6.07) is 6.87. The maximum Gasteiger partial charge on any atom is 0.338 e. The maximum atomic E-state index is 13.6. The largest absolute Gasteiger partial charge is 0.493 e.